The van der Waals surface area contributed by atoms with E-state index >= 15 is 0 Å². The number of fused-ring (bicyclic) bond motifs is 1. The van der Waals surface area contributed by atoms with Gasteiger partial charge in [0.15, 0.2) is 5.78 Å². The quantitative estimate of drug-likeness (QED) is 0.794. The van der Waals surface area contributed by atoms with Crippen LogP contribution in [0.5, 0.6) is 0 Å². The first-order chi connectivity index (χ1) is 9.87. The molecule has 116 valence electrons. The SMILES string of the molecule is C=C(C)[C@H]1CC[C@]2(C)OC3=C(C[C@H]12)C(=O)[C@H](OC)C[C@H]3O. The van der Waals surface area contributed by atoms with Crippen LogP contribution in [0.15, 0.2) is 23.5 Å². The number of rotatable bonds is 2. The molecule has 3 aliphatic rings. The maximum Gasteiger partial charge on any atom is 0.191 e. The molecule has 1 heterocycles. The summed E-state index contributed by atoms with van der Waals surface area (Å²) >= 11 is 0. The van der Waals surface area contributed by atoms with Crippen molar-refractivity contribution in [1.29, 1.82) is 0 Å². The third-order valence-electron chi connectivity index (χ3n) is 5.53. The third-order valence-corrected chi connectivity index (χ3v) is 5.53. The number of methoxy groups -OCH3 is 1. The maximum absolute atomic E-state index is 12.5. The van der Waals surface area contributed by atoms with Crippen molar-refractivity contribution in [3.8, 4) is 0 Å². The zero-order valence-corrected chi connectivity index (χ0v) is 13.0. The summed E-state index contributed by atoms with van der Waals surface area (Å²) in [6, 6.07) is 0. The molecule has 21 heavy (non-hydrogen) atoms. The summed E-state index contributed by atoms with van der Waals surface area (Å²) in [5.74, 6) is 1.12. The zero-order valence-electron chi connectivity index (χ0n) is 13.0. The number of Topliss-reactive ketones (excluding diaryl/α,β-unsaturated/α-hetero) is 1. The van der Waals surface area contributed by atoms with E-state index in [0.29, 0.717) is 30.1 Å². The first kappa shape index (κ1) is 14.8. The molecule has 0 aromatic carbocycles. The Morgan fingerprint density at radius 3 is 2.86 bits per heavy atom. The molecule has 0 aromatic heterocycles. The fourth-order valence-corrected chi connectivity index (χ4v) is 4.27. The minimum Gasteiger partial charge on any atom is -0.488 e. The Kier molecular flexibility index (Phi) is 3.49. The molecule has 4 nitrogen and oxygen atoms in total. The molecule has 3 rings (SSSR count). The highest BCUT2D eigenvalue weighted by molar-refractivity contribution is 6.00. The van der Waals surface area contributed by atoms with Crippen LogP contribution in [0.4, 0.5) is 0 Å². The third kappa shape index (κ3) is 2.16. The van der Waals surface area contributed by atoms with Gasteiger partial charge in [0.25, 0.3) is 0 Å². The van der Waals surface area contributed by atoms with E-state index in [9.17, 15) is 9.90 Å². The molecule has 0 spiro atoms. The fourth-order valence-electron chi connectivity index (χ4n) is 4.27. The minimum absolute atomic E-state index is 0.0211. The Morgan fingerprint density at radius 2 is 2.24 bits per heavy atom. The monoisotopic (exact) mass is 292 g/mol. The molecular weight excluding hydrogens is 268 g/mol. The molecule has 2 aliphatic carbocycles. The fraction of sp³-hybridized carbons (Fsp3) is 0.706. The lowest BCUT2D eigenvalue weighted by Gasteiger charge is -2.44. The van der Waals surface area contributed by atoms with Crippen LogP contribution in [0.1, 0.15) is 39.5 Å². The predicted molar refractivity (Wildman–Crippen MR) is 78.6 cm³/mol. The largest absolute Gasteiger partial charge is 0.488 e. The first-order valence-electron chi connectivity index (χ1n) is 7.70. The molecule has 0 radical (unpaired) electrons. The van der Waals surface area contributed by atoms with Crippen molar-refractivity contribution < 1.29 is 19.4 Å². The Labute approximate surface area is 125 Å². The molecule has 1 aliphatic heterocycles. The lowest BCUT2D eigenvalue weighted by molar-refractivity contribution is -0.135. The summed E-state index contributed by atoms with van der Waals surface area (Å²) in [5, 5.41) is 10.3. The van der Waals surface area contributed by atoms with E-state index in [-0.39, 0.29) is 17.3 Å². The minimum atomic E-state index is -0.732. The number of hydrogen-bond acceptors (Lipinski definition) is 4. The van der Waals surface area contributed by atoms with Crippen LogP contribution in [-0.4, -0.2) is 35.8 Å². The van der Waals surface area contributed by atoms with E-state index in [1.165, 1.54) is 7.11 Å². The highest BCUT2D eigenvalue weighted by Gasteiger charge is 2.53. The van der Waals surface area contributed by atoms with Crippen LogP contribution >= 0.6 is 0 Å². The van der Waals surface area contributed by atoms with Gasteiger partial charge >= 0.3 is 0 Å². The number of ether oxygens (including phenoxy) is 2. The number of carbonyl (C=O) groups is 1. The lowest BCUT2D eigenvalue weighted by Crippen LogP contribution is -2.47. The second-order valence-corrected chi connectivity index (χ2v) is 6.90. The standard InChI is InChI=1S/C17H24O4/c1-9(2)10-5-6-17(3)12(10)7-11-15(19)14(20-4)8-13(18)16(11)21-17/h10,12-14,18H,1,5-8H2,2-4H3/t10-,12-,13-,14-,17+/m1/s1. The molecule has 0 aromatic rings. The van der Waals surface area contributed by atoms with Gasteiger partial charge in [0.2, 0.25) is 0 Å². The van der Waals surface area contributed by atoms with Gasteiger partial charge in [-0.15, -0.1) is 0 Å². The summed E-state index contributed by atoms with van der Waals surface area (Å²) in [7, 11) is 1.51. The molecule has 0 unspecified atom stereocenters. The molecule has 0 amide bonds. The van der Waals surface area contributed by atoms with Crippen LogP contribution in [0.3, 0.4) is 0 Å². The van der Waals surface area contributed by atoms with Gasteiger partial charge in [-0.2, -0.15) is 0 Å². The first-order valence-corrected chi connectivity index (χ1v) is 7.70. The Morgan fingerprint density at radius 1 is 1.52 bits per heavy atom. The van der Waals surface area contributed by atoms with E-state index < -0.39 is 12.2 Å². The molecule has 1 N–H and O–H groups in total. The van der Waals surface area contributed by atoms with Crippen molar-refractivity contribution in [3.63, 3.8) is 0 Å². The van der Waals surface area contributed by atoms with Crippen molar-refractivity contribution in [3.05, 3.63) is 23.5 Å². The van der Waals surface area contributed by atoms with Gasteiger partial charge in [-0.3, -0.25) is 4.79 Å². The van der Waals surface area contributed by atoms with Gasteiger partial charge in [0.1, 0.15) is 23.6 Å². The molecule has 4 heteroatoms. The van der Waals surface area contributed by atoms with E-state index in [0.717, 1.165) is 18.4 Å². The maximum atomic E-state index is 12.5. The molecule has 0 bridgehead atoms. The molecule has 1 fully saturated rings. The normalized spacial score (nSPS) is 42.4. The van der Waals surface area contributed by atoms with Gasteiger partial charge in [-0.1, -0.05) is 12.2 Å². The van der Waals surface area contributed by atoms with Gasteiger partial charge in [-0.05, 0) is 39.0 Å². The molecule has 1 saturated carbocycles. The lowest BCUT2D eigenvalue weighted by atomic mass is 9.74. The second kappa shape index (κ2) is 4.96. The Bertz CT molecular complexity index is 521. The van der Waals surface area contributed by atoms with Crippen LogP contribution < -0.4 is 0 Å². The number of ketones is 1. The summed E-state index contributed by atoms with van der Waals surface area (Å²) in [4.78, 5) is 12.5. The zero-order chi connectivity index (χ0) is 15.4. The van der Waals surface area contributed by atoms with Crippen molar-refractivity contribution in [2.45, 2.75) is 57.3 Å². The van der Waals surface area contributed by atoms with Gasteiger partial charge in [0, 0.05) is 25.0 Å². The van der Waals surface area contributed by atoms with Crippen LogP contribution in [0.25, 0.3) is 0 Å². The summed E-state index contributed by atoms with van der Waals surface area (Å²) < 4.78 is 11.4. The number of aliphatic hydroxyl groups is 1. The summed E-state index contributed by atoms with van der Waals surface area (Å²) in [6.07, 6.45) is 1.66. The van der Waals surface area contributed by atoms with Gasteiger partial charge in [-0.25, -0.2) is 0 Å². The van der Waals surface area contributed by atoms with Crippen molar-refractivity contribution >= 4 is 5.78 Å². The van der Waals surface area contributed by atoms with Crippen molar-refractivity contribution in [1.82, 2.24) is 0 Å². The van der Waals surface area contributed by atoms with E-state index in [2.05, 4.69) is 20.4 Å². The number of aliphatic hydroxyl groups excluding tert-OH is 1. The number of carbonyl (C=O) groups excluding carboxylic acids is 1. The summed E-state index contributed by atoms with van der Waals surface area (Å²) in [5.41, 5.74) is 1.50. The molecule has 0 saturated heterocycles. The predicted octanol–water partition coefficient (Wildman–Crippen LogP) is 2.37. The number of allylic oxidation sites excluding steroid dienone is 1. The highest BCUT2D eigenvalue weighted by Crippen LogP contribution is 2.53. The molecular formula is C17H24O4. The smallest absolute Gasteiger partial charge is 0.191 e. The van der Waals surface area contributed by atoms with E-state index in [1.54, 1.807) is 0 Å². The van der Waals surface area contributed by atoms with Crippen molar-refractivity contribution in [2.24, 2.45) is 11.8 Å². The second-order valence-electron chi connectivity index (χ2n) is 6.90. The van der Waals surface area contributed by atoms with Crippen molar-refractivity contribution in [2.75, 3.05) is 7.11 Å². The Balaban J connectivity index is 1.97. The molecule has 5 atom stereocenters. The summed E-state index contributed by atoms with van der Waals surface area (Å²) in [6.45, 7) is 8.25. The average molecular weight is 292 g/mol. The van der Waals surface area contributed by atoms with E-state index in [4.69, 9.17) is 9.47 Å². The van der Waals surface area contributed by atoms with Crippen LogP contribution in [0.2, 0.25) is 0 Å². The highest BCUT2D eigenvalue weighted by atomic mass is 16.5. The number of hydrogen-bond donors (Lipinski definition) is 1. The average Bonchev–Trinajstić information content (AvgIpc) is 2.77. The Hall–Kier alpha value is -1.13. The van der Waals surface area contributed by atoms with Gasteiger partial charge in [0.05, 0.1) is 0 Å². The van der Waals surface area contributed by atoms with Crippen LogP contribution in [0, 0.1) is 11.8 Å². The van der Waals surface area contributed by atoms with Crippen LogP contribution in [-0.2, 0) is 14.3 Å². The van der Waals surface area contributed by atoms with Gasteiger partial charge < -0.3 is 14.6 Å². The van der Waals surface area contributed by atoms with E-state index in [1.807, 2.05) is 0 Å². The topological polar surface area (TPSA) is 55.8 Å².